The molecule has 3 N–H and O–H groups in total. The molecule has 25 heavy (non-hydrogen) atoms. The summed E-state index contributed by atoms with van der Waals surface area (Å²) in [5.41, 5.74) is 1.36. The van der Waals surface area contributed by atoms with E-state index in [4.69, 9.17) is 0 Å². The van der Waals surface area contributed by atoms with Crippen molar-refractivity contribution in [3.05, 3.63) is 66.5 Å². The molecule has 0 aliphatic heterocycles. The van der Waals surface area contributed by atoms with E-state index in [1.807, 2.05) is 24.5 Å². The highest BCUT2D eigenvalue weighted by atomic mass is 19.1. The van der Waals surface area contributed by atoms with Crippen molar-refractivity contribution in [2.75, 3.05) is 11.9 Å². The third-order valence-electron chi connectivity index (χ3n) is 3.67. The lowest BCUT2D eigenvalue weighted by Gasteiger charge is -2.13. The van der Waals surface area contributed by atoms with Crippen molar-refractivity contribution in [3.63, 3.8) is 0 Å². The monoisotopic (exact) mass is 343 g/mol. The molecule has 0 bridgehead atoms. The van der Waals surface area contributed by atoms with E-state index in [9.17, 15) is 14.3 Å². The molecule has 0 aliphatic carbocycles. The lowest BCUT2D eigenvalue weighted by molar-refractivity contribution is 0.175. The number of amides is 2. The highest BCUT2D eigenvalue weighted by molar-refractivity contribution is 5.89. The first-order valence-electron chi connectivity index (χ1n) is 7.67. The number of aryl methyl sites for hydroxylation is 1. The number of benzene rings is 1. The number of urea groups is 1. The van der Waals surface area contributed by atoms with Gasteiger partial charge >= 0.3 is 6.03 Å². The molecule has 0 aliphatic rings. The first kappa shape index (κ1) is 16.7. The highest BCUT2D eigenvalue weighted by Gasteiger charge is 2.13. The predicted molar refractivity (Wildman–Crippen MR) is 90.9 cm³/mol. The Balaban J connectivity index is 1.62. The molecule has 2 heterocycles. The molecule has 1 unspecified atom stereocenters. The predicted octanol–water partition coefficient (Wildman–Crippen LogP) is 2.21. The van der Waals surface area contributed by atoms with Crippen LogP contribution in [0.2, 0.25) is 0 Å². The molecule has 0 fully saturated rings. The molecular weight excluding hydrogens is 325 g/mol. The number of carbonyl (C=O) groups excluding carboxylic acids is 1. The lowest BCUT2D eigenvalue weighted by atomic mass is 10.2. The van der Waals surface area contributed by atoms with Gasteiger partial charge in [-0.25, -0.2) is 9.18 Å². The van der Waals surface area contributed by atoms with E-state index in [0.29, 0.717) is 5.56 Å². The van der Waals surface area contributed by atoms with Gasteiger partial charge in [-0.15, -0.1) is 0 Å². The summed E-state index contributed by atoms with van der Waals surface area (Å²) < 4.78 is 17.3. The van der Waals surface area contributed by atoms with Gasteiger partial charge in [0.1, 0.15) is 5.82 Å². The molecule has 0 spiro atoms. The second kappa shape index (κ2) is 7.18. The Morgan fingerprint density at radius 2 is 2.12 bits per heavy atom. The Morgan fingerprint density at radius 3 is 2.80 bits per heavy atom. The molecule has 3 aromatic rings. The number of rotatable bonds is 5. The van der Waals surface area contributed by atoms with Crippen molar-refractivity contribution in [3.8, 4) is 5.69 Å². The van der Waals surface area contributed by atoms with Crippen molar-refractivity contribution in [1.29, 1.82) is 0 Å². The Morgan fingerprint density at radius 1 is 1.36 bits per heavy atom. The van der Waals surface area contributed by atoms with E-state index in [1.165, 1.54) is 18.3 Å². The van der Waals surface area contributed by atoms with E-state index < -0.39 is 18.0 Å². The van der Waals surface area contributed by atoms with Crippen molar-refractivity contribution in [2.45, 2.75) is 6.10 Å². The van der Waals surface area contributed by atoms with Gasteiger partial charge in [-0.2, -0.15) is 5.10 Å². The molecule has 2 amide bonds. The first-order valence-corrected chi connectivity index (χ1v) is 7.67. The summed E-state index contributed by atoms with van der Waals surface area (Å²) in [6.07, 6.45) is 5.92. The number of aliphatic hydroxyl groups excluding tert-OH is 1. The Kier molecular flexibility index (Phi) is 4.80. The maximum Gasteiger partial charge on any atom is 0.319 e. The van der Waals surface area contributed by atoms with Crippen LogP contribution in [0.15, 0.2) is 55.1 Å². The van der Waals surface area contributed by atoms with Gasteiger partial charge in [0.05, 0.1) is 18.0 Å². The summed E-state index contributed by atoms with van der Waals surface area (Å²) in [7, 11) is 1.73. The zero-order valence-electron chi connectivity index (χ0n) is 13.6. The number of halogens is 1. The third kappa shape index (κ3) is 4.04. The minimum absolute atomic E-state index is 0.0174. The molecule has 8 heteroatoms. The van der Waals surface area contributed by atoms with Crippen LogP contribution in [-0.4, -0.2) is 32.0 Å². The second-order valence-electron chi connectivity index (χ2n) is 5.55. The van der Waals surface area contributed by atoms with Gasteiger partial charge in [0.15, 0.2) is 0 Å². The molecule has 3 rings (SSSR count). The van der Waals surface area contributed by atoms with Crippen molar-refractivity contribution in [2.24, 2.45) is 7.05 Å². The summed E-state index contributed by atoms with van der Waals surface area (Å²) >= 11 is 0. The molecular formula is C17H18FN5O2. The highest BCUT2D eigenvalue weighted by Crippen LogP contribution is 2.19. The fourth-order valence-electron chi connectivity index (χ4n) is 2.36. The van der Waals surface area contributed by atoms with Gasteiger partial charge in [0.2, 0.25) is 0 Å². The van der Waals surface area contributed by atoms with Crippen LogP contribution in [0, 0.1) is 5.82 Å². The van der Waals surface area contributed by atoms with Crippen LogP contribution in [0.3, 0.4) is 0 Å². The number of aliphatic hydroxyl groups is 1. The summed E-state index contributed by atoms with van der Waals surface area (Å²) in [5, 5.41) is 18.9. The standard InChI is InChI=1S/C17H18FN5O2/c1-22-11-12(9-20-22)16(24)10-19-17(25)21-15-8-13(4-5-14(15)18)23-6-2-3-7-23/h2-9,11,16,24H,10H2,1H3,(H2,19,21,25). The zero-order valence-corrected chi connectivity index (χ0v) is 13.6. The number of hydrogen-bond acceptors (Lipinski definition) is 3. The van der Waals surface area contributed by atoms with Crippen LogP contribution in [0.5, 0.6) is 0 Å². The van der Waals surface area contributed by atoms with Crippen LogP contribution in [0.25, 0.3) is 5.69 Å². The summed E-state index contributed by atoms with van der Waals surface area (Å²) in [6.45, 7) is -0.0174. The van der Waals surface area contributed by atoms with Gasteiger partial charge in [0.25, 0.3) is 0 Å². The maximum atomic E-state index is 13.9. The number of aromatic nitrogens is 3. The number of carbonyl (C=O) groups is 1. The number of nitrogens with one attached hydrogen (secondary N) is 2. The quantitative estimate of drug-likeness (QED) is 0.664. The average molecular weight is 343 g/mol. The molecule has 1 atom stereocenters. The molecule has 0 saturated carbocycles. The molecule has 0 saturated heterocycles. The largest absolute Gasteiger partial charge is 0.386 e. The molecule has 7 nitrogen and oxygen atoms in total. The minimum Gasteiger partial charge on any atom is -0.386 e. The smallest absolute Gasteiger partial charge is 0.319 e. The Labute approximate surface area is 143 Å². The normalized spacial score (nSPS) is 12.0. The molecule has 130 valence electrons. The average Bonchev–Trinajstić information content (AvgIpc) is 3.26. The zero-order chi connectivity index (χ0) is 17.8. The van der Waals surface area contributed by atoms with Crippen LogP contribution in [0.4, 0.5) is 14.9 Å². The van der Waals surface area contributed by atoms with Crippen molar-refractivity contribution >= 4 is 11.7 Å². The van der Waals surface area contributed by atoms with Crippen molar-refractivity contribution < 1.29 is 14.3 Å². The van der Waals surface area contributed by atoms with Crippen molar-refractivity contribution in [1.82, 2.24) is 19.7 Å². The van der Waals surface area contributed by atoms with Crippen LogP contribution < -0.4 is 10.6 Å². The summed E-state index contributed by atoms with van der Waals surface area (Å²) in [5.74, 6) is -0.543. The van der Waals surface area contributed by atoms with Gasteiger partial charge in [-0.1, -0.05) is 0 Å². The summed E-state index contributed by atoms with van der Waals surface area (Å²) in [4.78, 5) is 12.0. The van der Waals surface area contributed by atoms with E-state index >= 15 is 0 Å². The second-order valence-corrected chi connectivity index (χ2v) is 5.55. The van der Waals surface area contributed by atoms with E-state index in [-0.39, 0.29) is 12.2 Å². The fraction of sp³-hybridized carbons (Fsp3) is 0.176. The first-order chi connectivity index (χ1) is 12.0. The van der Waals surface area contributed by atoms with Gasteiger partial charge in [-0.3, -0.25) is 4.68 Å². The minimum atomic E-state index is -0.893. The van der Waals surface area contributed by atoms with Gasteiger partial charge in [0, 0.05) is 43.4 Å². The molecule has 0 radical (unpaired) electrons. The maximum absolute atomic E-state index is 13.9. The van der Waals surface area contributed by atoms with E-state index in [1.54, 1.807) is 28.6 Å². The van der Waals surface area contributed by atoms with Crippen LogP contribution in [0.1, 0.15) is 11.7 Å². The molecule has 2 aromatic heterocycles. The van der Waals surface area contributed by atoms with Gasteiger partial charge in [-0.05, 0) is 30.3 Å². The summed E-state index contributed by atoms with van der Waals surface area (Å²) in [6, 6.07) is 7.53. The third-order valence-corrected chi connectivity index (χ3v) is 3.67. The SMILES string of the molecule is Cn1cc(C(O)CNC(=O)Nc2cc(-n3cccc3)ccc2F)cn1. The number of hydrogen-bond donors (Lipinski definition) is 3. The van der Waals surface area contributed by atoms with E-state index in [0.717, 1.165) is 5.69 Å². The molecule has 1 aromatic carbocycles. The number of nitrogens with zero attached hydrogens (tertiary/aromatic N) is 3. The van der Waals surface area contributed by atoms with Crippen LogP contribution in [-0.2, 0) is 7.05 Å². The Hall–Kier alpha value is -3.13. The van der Waals surface area contributed by atoms with Gasteiger partial charge < -0.3 is 20.3 Å². The fourth-order valence-corrected chi connectivity index (χ4v) is 2.36. The Bertz CT molecular complexity index is 860. The number of anilines is 1. The van der Waals surface area contributed by atoms with Crippen LogP contribution >= 0.6 is 0 Å². The van der Waals surface area contributed by atoms with E-state index in [2.05, 4.69) is 15.7 Å². The topological polar surface area (TPSA) is 84.1 Å². The lowest BCUT2D eigenvalue weighted by Crippen LogP contribution is -2.32.